The Hall–Kier alpha value is -2.72. The van der Waals surface area contributed by atoms with Crippen molar-refractivity contribution in [3.05, 3.63) is 72.3 Å². The zero-order valence-electron chi connectivity index (χ0n) is 11.7. The van der Waals surface area contributed by atoms with Crippen LogP contribution in [0.3, 0.4) is 0 Å². The number of aromatic nitrogens is 2. The molecule has 2 N–H and O–H groups in total. The second kappa shape index (κ2) is 5.24. The van der Waals surface area contributed by atoms with E-state index in [0.29, 0.717) is 10.9 Å². The number of anilines is 1. The lowest BCUT2D eigenvalue weighted by atomic mass is 10.1. The molecule has 0 bridgehead atoms. The molecule has 22 heavy (non-hydrogen) atoms. The van der Waals surface area contributed by atoms with Gasteiger partial charge in [0.15, 0.2) is 0 Å². The minimum atomic E-state index is 0.657. The third-order valence-corrected chi connectivity index (χ3v) is 3.97. The molecule has 0 fully saturated rings. The van der Waals surface area contributed by atoms with Crippen molar-refractivity contribution in [1.82, 2.24) is 9.97 Å². The van der Waals surface area contributed by atoms with Gasteiger partial charge in [-0.2, -0.15) is 0 Å². The number of thiocarbonyl (C=S) groups is 1. The molecule has 1 heterocycles. The summed E-state index contributed by atoms with van der Waals surface area (Å²) in [7, 11) is 0. The van der Waals surface area contributed by atoms with Gasteiger partial charge in [-0.3, -0.25) is 0 Å². The number of nitrogens with one attached hydrogen (secondary N) is 2. The van der Waals surface area contributed by atoms with E-state index in [2.05, 4.69) is 39.6 Å². The fourth-order valence-electron chi connectivity index (χ4n) is 2.52. The van der Waals surface area contributed by atoms with Crippen molar-refractivity contribution in [3.63, 3.8) is 0 Å². The quantitative estimate of drug-likeness (QED) is 0.536. The van der Waals surface area contributed by atoms with Crippen molar-refractivity contribution < 1.29 is 0 Å². The Kier molecular flexibility index (Phi) is 3.09. The maximum Gasteiger partial charge on any atom is 0.206 e. The van der Waals surface area contributed by atoms with E-state index >= 15 is 0 Å². The Morgan fingerprint density at radius 2 is 1.68 bits per heavy atom. The number of benzene rings is 3. The molecule has 0 aliphatic heterocycles. The van der Waals surface area contributed by atoms with Crippen LogP contribution in [0.1, 0.15) is 5.56 Å². The van der Waals surface area contributed by atoms with Crippen LogP contribution in [-0.2, 0) is 0 Å². The summed E-state index contributed by atoms with van der Waals surface area (Å²) in [5.41, 5.74) is 2.90. The van der Waals surface area contributed by atoms with Crippen molar-refractivity contribution in [3.8, 4) is 0 Å². The van der Waals surface area contributed by atoms with Gasteiger partial charge in [0.1, 0.15) is 4.99 Å². The van der Waals surface area contributed by atoms with Gasteiger partial charge in [0.05, 0.1) is 11.0 Å². The van der Waals surface area contributed by atoms with Crippen LogP contribution in [0.15, 0.2) is 66.7 Å². The van der Waals surface area contributed by atoms with Gasteiger partial charge in [-0.15, -0.1) is 0 Å². The van der Waals surface area contributed by atoms with Crippen LogP contribution in [-0.4, -0.2) is 15.0 Å². The van der Waals surface area contributed by atoms with Crippen molar-refractivity contribution in [2.75, 3.05) is 5.32 Å². The first-order chi connectivity index (χ1) is 10.8. The average Bonchev–Trinajstić information content (AvgIpc) is 2.96. The number of imidazole rings is 1. The zero-order valence-corrected chi connectivity index (χ0v) is 12.5. The van der Waals surface area contributed by atoms with E-state index < -0.39 is 0 Å². The summed E-state index contributed by atoms with van der Waals surface area (Å²) in [5, 5.41) is 5.56. The second-order valence-corrected chi connectivity index (χ2v) is 5.53. The summed E-state index contributed by atoms with van der Waals surface area (Å²) in [6.45, 7) is 0. The molecule has 4 aromatic rings. The Morgan fingerprint density at radius 3 is 2.55 bits per heavy atom. The van der Waals surface area contributed by atoms with Gasteiger partial charge in [-0.25, -0.2) is 4.98 Å². The van der Waals surface area contributed by atoms with E-state index in [1.165, 1.54) is 10.8 Å². The molecule has 106 valence electrons. The molecular weight excluding hydrogens is 290 g/mol. The maximum atomic E-state index is 5.50. The number of aromatic amines is 1. The van der Waals surface area contributed by atoms with Crippen molar-refractivity contribution >= 4 is 45.0 Å². The lowest BCUT2D eigenvalue weighted by molar-refractivity contribution is 1.33. The molecule has 3 nitrogen and oxygen atoms in total. The van der Waals surface area contributed by atoms with Gasteiger partial charge in [0.2, 0.25) is 5.95 Å². The number of hydrogen-bond donors (Lipinski definition) is 2. The number of fused-ring (bicyclic) bond motifs is 2. The van der Waals surface area contributed by atoms with Crippen molar-refractivity contribution in [1.29, 1.82) is 0 Å². The molecule has 1 aromatic heterocycles. The summed E-state index contributed by atoms with van der Waals surface area (Å²) >= 11 is 5.50. The summed E-state index contributed by atoms with van der Waals surface area (Å²) in [4.78, 5) is 8.37. The van der Waals surface area contributed by atoms with E-state index in [0.717, 1.165) is 16.6 Å². The first-order valence-corrected chi connectivity index (χ1v) is 7.45. The number of para-hydroxylation sites is 2. The topological polar surface area (TPSA) is 40.7 Å². The minimum Gasteiger partial charge on any atom is -0.324 e. The average molecular weight is 303 g/mol. The summed E-state index contributed by atoms with van der Waals surface area (Å²) in [6, 6.07) is 22.3. The Labute approximate surface area is 133 Å². The zero-order chi connectivity index (χ0) is 14.9. The molecule has 0 radical (unpaired) electrons. The molecule has 0 amide bonds. The standard InChI is InChI=1S/C18H13N3S/c22-17(14-10-9-12-5-1-2-6-13(12)11-14)21-18-19-15-7-3-4-8-16(15)20-18/h1-11H,(H2,19,20,21,22). The van der Waals surface area contributed by atoms with Gasteiger partial charge in [-0.05, 0) is 29.0 Å². The third kappa shape index (κ3) is 2.34. The Balaban J connectivity index is 1.65. The van der Waals surface area contributed by atoms with E-state index in [4.69, 9.17) is 12.2 Å². The molecule has 4 heteroatoms. The van der Waals surface area contributed by atoms with Crippen LogP contribution in [0, 0.1) is 0 Å². The molecule has 0 saturated heterocycles. The molecule has 0 saturated carbocycles. The number of hydrogen-bond acceptors (Lipinski definition) is 2. The Morgan fingerprint density at radius 1 is 0.909 bits per heavy atom. The molecule has 3 aromatic carbocycles. The summed E-state index contributed by atoms with van der Waals surface area (Å²) < 4.78 is 0. The summed E-state index contributed by atoms with van der Waals surface area (Å²) in [5.74, 6) is 0.666. The van der Waals surface area contributed by atoms with Crippen LogP contribution in [0.4, 0.5) is 5.95 Å². The van der Waals surface area contributed by atoms with Crippen LogP contribution in [0.2, 0.25) is 0 Å². The monoisotopic (exact) mass is 303 g/mol. The molecule has 0 unspecified atom stereocenters. The van der Waals surface area contributed by atoms with E-state index in [9.17, 15) is 0 Å². The lowest BCUT2D eigenvalue weighted by Crippen LogP contribution is -2.11. The number of H-pyrrole nitrogens is 1. The van der Waals surface area contributed by atoms with E-state index in [-0.39, 0.29) is 0 Å². The van der Waals surface area contributed by atoms with E-state index in [1.807, 2.05) is 42.5 Å². The van der Waals surface area contributed by atoms with E-state index in [1.54, 1.807) is 0 Å². The second-order valence-electron chi connectivity index (χ2n) is 5.12. The SMILES string of the molecule is S=C(Nc1nc2ccccc2[nH]1)c1ccc2ccccc2c1. The van der Waals surface area contributed by atoms with Gasteiger partial charge in [0.25, 0.3) is 0 Å². The van der Waals surface area contributed by atoms with Crippen LogP contribution >= 0.6 is 12.2 Å². The smallest absolute Gasteiger partial charge is 0.206 e. The van der Waals surface area contributed by atoms with Gasteiger partial charge < -0.3 is 10.3 Å². The molecule has 0 spiro atoms. The predicted molar refractivity (Wildman–Crippen MR) is 95.4 cm³/mol. The Bertz CT molecular complexity index is 955. The van der Waals surface area contributed by atoms with Gasteiger partial charge in [-0.1, -0.05) is 60.7 Å². The fraction of sp³-hybridized carbons (Fsp3) is 0. The molecule has 0 atom stereocenters. The van der Waals surface area contributed by atoms with Gasteiger partial charge >= 0.3 is 0 Å². The highest BCUT2D eigenvalue weighted by molar-refractivity contribution is 7.81. The highest BCUT2D eigenvalue weighted by Crippen LogP contribution is 2.18. The number of rotatable bonds is 2. The largest absolute Gasteiger partial charge is 0.324 e. The first-order valence-electron chi connectivity index (χ1n) is 7.04. The van der Waals surface area contributed by atoms with Crippen molar-refractivity contribution in [2.24, 2.45) is 0 Å². The predicted octanol–water partition coefficient (Wildman–Crippen LogP) is 4.50. The van der Waals surface area contributed by atoms with Gasteiger partial charge in [0, 0.05) is 5.56 Å². The van der Waals surface area contributed by atoms with Crippen LogP contribution < -0.4 is 5.32 Å². The highest BCUT2D eigenvalue weighted by Gasteiger charge is 2.06. The minimum absolute atomic E-state index is 0.657. The van der Waals surface area contributed by atoms with Crippen LogP contribution in [0.25, 0.3) is 21.8 Å². The molecule has 4 rings (SSSR count). The molecule has 0 aliphatic rings. The third-order valence-electron chi connectivity index (χ3n) is 3.63. The summed E-state index contributed by atoms with van der Waals surface area (Å²) in [6.07, 6.45) is 0. The molecule has 0 aliphatic carbocycles. The van der Waals surface area contributed by atoms with Crippen molar-refractivity contribution in [2.45, 2.75) is 0 Å². The molecular formula is C18H13N3S. The maximum absolute atomic E-state index is 5.50. The fourth-order valence-corrected chi connectivity index (χ4v) is 2.75. The van der Waals surface area contributed by atoms with Crippen LogP contribution in [0.5, 0.6) is 0 Å². The normalized spacial score (nSPS) is 10.9. The highest BCUT2D eigenvalue weighted by atomic mass is 32.1. The lowest BCUT2D eigenvalue weighted by Gasteiger charge is -2.06. The number of nitrogens with zero attached hydrogens (tertiary/aromatic N) is 1. The first kappa shape index (κ1) is 13.0.